The van der Waals surface area contributed by atoms with Crippen molar-refractivity contribution >= 4 is 33.7 Å². The van der Waals surface area contributed by atoms with Crippen molar-refractivity contribution in [2.75, 3.05) is 0 Å². The Morgan fingerprint density at radius 1 is 1.29 bits per heavy atom. The smallest absolute Gasteiger partial charge is 0.294 e. The maximum absolute atomic E-state index is 11.8. The van der Waals surface area contributed by atoms with Gasteiger partial charge in [0.15, 0.2) is 4.77 Å². The van der Waals surface area contributed by atoms with Crippen LogP contribution in [-0.2, 0) is 16.7 Å². The van der Waals surface area contributed by atoms with E-state index < -0.39 is 21.6 Å². The number of hydrogen-bond donors (Lipinski definition) is 3. The van der Waals surface area contributed by atoms with Gasteiger partial charge in [-0.1, -0.05) is 6.08 Å². The van der Waals surface area contributed by atoms with E-state index in [0.717, 1.165) is 12.1 Å². The minimum atomic E-state index is -4.31. The average molecular weight is 368 g/mol. The third-order valence-electron chi connectivity index (χ3n) is 2.86. The second-order valence-corrected chi connectivity index (χ2v) is 6.31. The molecule has 2 rings (SSSR count). The van der Waals surface area contributed by atoms with Crippen molar-refractivity contribution in [3.05, 3.63) is 52.0 Å². The van der Waals surface area contributed by atoms with Gasteiger partial charge in [0, 0.05) is 6.54 Å². The van der Waals surface area contributed by atoms with E-state index in [9.17, 15) is 18.3 Å². The van der Waals surface area contributed by atoms with Gasteiger partial charge in [-0.15, -0.1) is 11.7 Å². The summed E-state index contributed by atoms with van der Waals surface area (Å²) in [6.07, 6.45) is 1.48. The Morgan fingerprint density at radius 3 is 2.46 bits per heavy atom. The largest absolute Gasteiger partial charge is 0.493 e. The van der Waals surface area contributed by atoms with Gasteiger partial charge in [0.1, 0.15) is 0 Å². The number of aromatic amines is 1. The van der Waals surface area contributed by atoms with Gasteiger partial charge in [0.25, 0.3) is 15.7 Å². The monoisotopic (exact) mass is 368 g/mol. The van der Waals surface area contributed by atoms with Crippen LogP contribution in [0, 0.1) is 4.77 Å². The van der Waals surface area contributed by atoms with Gasteiger partial charge in [0.2, 0.25) is 11.6 Å². The van der Waals surface area contributed by atoms with Crippen molar-refractivity contribution in [2.24, 2.45) is 10.2 Å². The van der Waals surface area contributed by atoms with Crippen LogP contribution >= 0.6 is 12.2 Å². The molecule has 0 atom stereocenters. The van der Waals surface area contributed by atoms with E-state index in [1.165, 1.54) is 22.8 Å². The zero-order valence-corrected chi connectivity index (χ0v) is 13.7. The van der Waals surface area contributed by atoms with Crippen molar-refractivity contribution < 1.29 is 18.1 Å². The first-order valence-corrected chi connectivity index (χ1v) is 8.25. The molecule has 1 aromatic carbocycles. The summed E-state index contributed by atoms with van der Waals surface area (Å²) in [5.74, 6) is -0.470. The number of aromatic hydroxyl groups is 1. The molecule has 1 heterocycles. The number of rotatable bonds is 5. The van der Waals surface area contributed by atoms with Crippen molar-refractivity contribution in [2.45, 2.75) is 11.4 Å². The second kappa shape index (κ2) is 6.86. The fourth-order valence-corrected chi connectivity index (χ4v) is 2.46. The number of hydrogen-bond acceptors (Lipinski definition) is 7. The molecule has 0 radical (unpaired) electrons. The fourth-order valence-electron chi connectivity index (χ4n) is 1.73. The van der Waals surface area contributed by atoms with Gasteiger partial charge >= 0.3 is 0 Å². The lowest BCUT2D eigenvalue weighted by atomic mass is 10.3. The number of aromatic nitrogens is 2. The highest BCUT2D eigenvalue weighted by Crippen LogP contribution is 2.24. The van der Waals surface area contributed by atoms with Crippen molar-refractivity contribution in [1.29, 1.82) is 0 Å². The van der Waals surface area contributed by atoms with Crippen LogP contribution in [0.3, 0.4) is 0 Å². The Morgan fingerprint density at radius 2 is 1.92 bits per heavy atom. The van der Waals surface area contributed by atoms with Gasteiger partial charge in [-0.25, -0.2) is 0 Å². The highest BCUT2D eigenvalue weighted by atomic mass is 32.2. The molecule has 3 N–H and O–H groups in total. The first-order valence-electron chi connectivity index (χ1n) is 6.40. The lowest BCUT2D eigenvalue weighted by Crippen LogP contribution is -2.13. The van der Waals surface area contributed by atoms with Crippen LogP contribution in [0.25, 0.3) is 0 Å². The molecule has 0 amide bonds. The first-order chi connectivity index (χ1) is 11.2. The molecule has 0 saturated heterocycles. The number of allylic oxidation sites excluding steroid dienone is 1. The molecule has 0 unspecified atom stereocenters. The molecule has 11 heteroatoms. The van der Waals surface area contributed by atoms with E-state index in [1.54, 1.807) is 0 Å². The van der Waals surface area contributed by atoms with E-state index in [4.69, 9.17) is 16.8 Å². The maximum Gasteiger partial charge on any atom is 0.294 e. The lowest BCUT2D eigenvalue weighted by Gasteiger charge is -2.07. The molecular weight excluding hydrogens is 356 g/mol. The van der Waals surface area contributed by atoms with Crippen LogP contribution in [-0.4, -0.2) is 27.6 Å². The Labute approximate surface area is 141 Å². The molecule has 9 nitrogen and oxygen atoms in total. The van der Waals surface area contributed by atoms with Crippen LogP contribution in [0.4, 0.5) is 11.4 Å². The SMILES string of the molecule is C=CCn1c(O)c(N=Nc2ccc(S(=O)(=O)O)cc2)c(=O)[nH]c1=S. The summed E-state index contributed by atoms with van der Waals surface area (Å²) >= 11 is 4.93. The average Bonchev–Trinajstić information content (AvgIpc) is 2.50. The highest BCUT2D eigenvalue weighted by Gasteiger charge is 2.12. The zero-order chi connectivity index (χ0) is 17.9. The van der Waals surface area contributed by atoms with Crippen LogP contribution < -0.4 is 5.56 Å². The van der Waals surface area contributed by atoms with Crippen LogP contribution in [0.2, 0.25) is 0 Å². The molecule has 24 heavy (non-hydrogen) atoms. The molecule has 0 fully saturated rings. The molecular formula is C13H12N4O5S2. The van der Waals surface area contributed by atoms with Gasteiger partial charge < -0.3 is 5.11 Å². The molecule has 0 aliphatic carbocycles. The van der Waals surface area contributed by atoms with Crippen molar-refractivity contribution in [3.8, 4) is 5.88 Å². The van der Waals surface area contributed by atoms with E-state index >= 15 is 0 Å². The second-order valence-electron chi connectivity index (χ2n) is 4.50. The summed E-state index contributed by atoms with van der Waals surface area (Å²) in [4.78, 5) is 13.9. The summed E-state index contributed by atoms with van der Waals surface area (Å²) in [6, 6.07) is 4.80. The highest BCUT2D eigenvalue weighted by molar-refractivity contribution is 7.85. The summed E-state index contributed by atoms with van der Waals surface area (Å²) < 4.78 is 32.0. The Bertz CT molecular complexity index is 1020. The molecule has 126 valence electrons. The molecule has 0 saturated carbocycles. The lowest BCUT2D eigenvalue weighted by molar-refractivity contribution is 0.416. The van der Waals surface area contributed by atoms with E-state index in [2.05, 4.69) is 21.8 Å². The minimum Gasteiger partial charge on any atom is -0.493 e. The third kappa shape index (κ3) is 3.82. The minimum absolute atomic E-state index is 0.00820. The van der Waals surface area contributed by atoms with E-state index in [0.29, 0.717) is 0 Å². The topological polar surface area (TPSA) is 137 Å². The number of nitrogens with zero attached hydrogens (tertiary/aromatic N) is 3. The number of azo groups is 1. The summed E-state index contributed by atoms with van der Waals surface area (Å²) in [6.45, 7) is 3.68. The number of nitrogens with one attached hydrogen (secondary N) is 1. The molecule has 0 bridgehead atoms. The predicted molar refractivity (Wildman–Crippen MR) is 88.2 cm³/mol. The Balaban J connectivity index is 2.42. The maximum atomic E-state index is 11.8. The molecule has 0 aliphatic rings. The fraction of sp³-hybridized carbons (Fsp3) is 0.0769. The van der Waals surface area contributed by atoms with Gasteiger partial charge in [-0.2, -0.15) is 13.5 Å². The van der Waals surface area contributed by atoms with Crippen LogP contribution in [0.15, 0.2) is 56.8 Å². The first kappa shape index (κ1) is 17.7. The van der Waals surface area contributed by atoms with Gasteiger partial charge in [-0.3, -0.25) is 18.9 Å². The summed E-state index contributed by atoms with van der Waals surface area (Å²) in [5, 5.41) is 17.5. The number of benzene rings is 1. The molecule has 0 aliphatic heterocycles. The van der Waals surface area contributed by atoms with E-state index in [1.807, 2.05) is 0 Å². The molecule has 2 aromatic rings. The predicted octanol–water partition coefficient (Wildman–Crippen LogP) is 2.46. The van der Waals surface area contributed by atoms with Gasteiger partial charge in [0.05, 0.1) is 10.6 Å². The zero-order valence-electron chi connectivity index (χ0n) is 12.1. The Kier molecular flexibility index (Phi) is 5.07. The van der Waals surface area contributed by atoms with Crippen LogP contribution in [0.1, 0.15) is 0 Å². The van der Waals surface area contributed by atoms with Crippen molar-refractivity contribution in [1.82, 2.24) is 9.55 Å². The summed E-state index contributed by atoms with van der Waals surface area (Å²) in [5.41, 5.74) is -0.876. The normalized spacial score (nSPS) is 11.7. The summed E-state index contributed by atoms with van der Waals surface area (Å²) in [7, 11) is -4.31. The van der Waals surface area contributed by atoms with Crippen LogP contribution in [0.5, 0.6) is 5.88 Å². The van der Waals surface area contributed by atoms with Crippen molar-refractivity contribution in [3.63, 3.8) is 0 Å². The molecule has 0 spiro atoms. The Hall–Kier alpha value is -2.63. The quantitative estimate of drug-likeness (QED) is 0.321. The third-order valence-corrected chi connectivity index (χ3v) is 4.05. The molecule has 1 aromatic heterocycles. The van der Waals surface area contributed by atoms with E-state index in [-0.39, 0.29) is 27.6 Å². The standard InChI is InChI=1S/C13H12N4O5S2/c1-2-7-17-12(19)10(11(18)14-13(17)23)16-15-8-3-5-9(6-4-8)24(20,21)22/h2-6,19H,1,7H2,(H,14,18,23)(H,20,21,22). The van der Waals surface area contributed by atoms with Gasteiger partial charge in [-0.05, 0) is 36.5 Å². The number of H-pyrrole nitrogens is 1.